The lowest BCUT2D eigenvalue weighted by atomic mass is 10.0. The van der Waals surface area contributed by atoms with Crippen molar-refractivity contribution in [3.63, 3.8) is 0 Å². The highest BCUT2D eigenvalue weighted by Crippen LogP contribution is 2.50. The van der Waals surface area contributed by atoms with E-state index in [9.17, 15) is 13.2 Å². The third-order valence-corrected chi connectivity index (χ3v) is 7.11. The first-order valence-electron chi connectivity index (χ1n) is 12.8. The molecule has 0 spiro atoms. The van der Waals surface area contributed by atoms with Gasteiger partial charge in [0.1, 0.15) is 23.2 Å². The Bertz CT molecular complexity index is 1550. The van der Waals surface area contributed by atoms with Gasteiger partial charge in [0.15, 0.2) is 5.82 Å². The fourth-order valence-electron chi connectivity index (χ4n) is 4.72. The number of nitrogens with zero attached hydrogens (tertiary/aromatic N) is 5. The number of aryl methyl sites for hydroxylation is 2. The molecule has 0 radical (unpaired) electrons. The van der Waals surface area contributed by atoms with Crippen molar-refractivity contribution < 1.29 is 22.6 Å². The van der Waals surface area contributed by atoms with E-state index in [2.05, 4.69) is 19.9 Å². The maximum atomic E-state index is 13.3. The summed E-state index contributed by atoms with van der Waals surface area (Å²) in [4.78, 5) is 21.9. The highest BCUT2D eigenvalue weighted by molar-refractivity contribution is 5.66. The summed E-state index contributed by atoms with van der Waals surface area (Å²) in [6.45, 7) is 3.52. The minimum Gasteiger partial charge on any atom is -0.480 e. The Kier molecular flexibility index (Phi) is 6.00. The van der Waals surface area contributed by atoms with Crippen molar-refractivity contribution in [2.24, 2.45) is 0 Å². The van der Waals surface area contributed by atoms with E-state index in [1.807, 2.05) is 19.1 Å². The van der Waals surface area contributed by atoms with Crippen LogP contribution in [0.5, 0.6) is 11.8 Å². The van der Waals surface area contributed by atoms with E-state index in [4.69, 9.17) is 14.5 Å². The molecule has 0 unspecified atom stereocenters. The largest absolute Gasteiger partial charge is 0.480 e. The highest BCUT2D eigenvalue weighted by Gasteiger charge is 2.48. The molecule has 2 saturated carbocycles. The lowest BCUT2D eigenvalue weighted by molar-refractivity contribution is -0.141. The van der Waals surface area contributed by atoms with Gasteiger partial charge in [-0.1, -0.05) is 24.3 Å². The fourth-order valence-corrected chi connectivity index (χ4v) is 4.72. The normalized spacial score (nSPS) is 16.2. The van der Waals surface area contributed by atoms with Crippen molar-refractivity contribution in [3.8, 4) is 34.4 Å². The van der Waals surface area contributed by atoms with E-state index in [1.165, 1.54) is 6.33 Å². The van der Waals surface area contributed by atoms with Crippen LogP contribution in [0.4, 0.5) is 13.2 Å². The van der Waals surface area contributed by atoms with Crippen LogP contribution < -0.4 is 9.47 Å². The summed E-state index contributed by atoms with van der Waals surface area (Å²) >= 11 is 0. The second-order valence-electron chi connectivity index (χ2n) is 10.2. The highest BCUT2D eigenvalue weighted by atomic mass is 19.4. The van der Waals surface area contributed by atoms with Crippen LogP contribution in [0.3, 0.4) is 0 Å². The third-order valence-electron chi connectivity index (χ3n) is 7.11. The number of methoxy groups -OCH3 is 1. The third kappa shape index (κ3) is 4.91. The molecule has 3 heterocycles. The molecule has 7 nitrogen and oxygen atoms in total. The molecule has 2 aliphatic rings. The maximum Gasteiger partial charge on any atom is 0.433 e. The standard InChI is InChI=1S/C29H26F3N5O2/c1-16-12-21(36-22(13-16)29(30,31)32)18-6-8-20(9-7-18)28(10-11-28)39-26-17(2)14-33-25(37-26)23-24(19-4-5-19)34-15-35-27(23)38-3/h6-9,12-15,19H,4-5,10-11H2,1-3H3. The molecule has 4 aromatic rings. The molecule has 39 heavy (non-hydrogen) atoms. The summed E-state index contributed by atoms with van der Waals surface area (Å²) in [6.07, 6.45) is 2.40. The second kappa shape index (κ2) is 9.29. The number of aromatic nitrogens is 5. The van der Waals surface area contributed by atoms with Gasteiger partial charge in [-0.3, -0.25) is 0 Å². The first kappa shape index (κ1) is 25.2. The lowest BCUT2D eigenvalue weighted by Crippen LogP contribution is -2.17. The number of hydrogen-bond donors (Lipinski definition) is 0. The zero-order chi connectivity index (χ0) is 27.4. The van der Waals surface area contributed by atoms with Gasteiger partial charge in [-0.05, 0) is 62.8 Å². The number of halogens is 3. The minimum absolute atomic E-state index is 0.279. The van der Waals surface area contributed by atoms with E-state index < -0.39 is 17.5 Å². The molecule has 0 atom stereocenters. The van der Waals surface area contributed by atoms with Gasteiger partial charge < -0.3 is 9.47 Å². The van der Waals surface area contributed by atoms with Crippen LogP contribution in [0.1, 0.15) is 59.7 Å². The number of alkyl halides is 3. The van der Waals surface area contributed by atoms with Crippen molar-refractivity contribution in [1.29, 1.82) is 0 Å². The van der Waals surface area contributed by atoms with Crippen LogP contribution in [-0.2, 0) is 11.8 Å². The van der Waals surface area contributed by atoms with Crippen molar-refractivity contribution in [2.75, 3.05) is 7.11 Å². The van der Waals surface area contributed by atoms with Crippen LogP contribution in [-0.4, -0.2) is 32.0 Å². The molecule has 2 fully saturated rings. The molecule has 6 rings (SSSR count). The van der Waals surface area contributed by atoms with Gasteiger partial charge in [0, 0.05) is 23.2 Å². The van der Waals surface area contributed by atoms with Crippen molar-refractivity contribution in [1.82, 2.24) is 24.9 Å². The van der Waals surface area contributed by atoms with E-state index in [1.54, 1.807) is 38.4 Å². The summed E-state index contributed by atoms with van der Waals surface area (Å²) in [5.74, 6) is 1.68. The smallest absolute Gasteiger partial charge is 0.433 e. The molecule has 0 N–H and O–H groups in total. The van der Waals surface area contributed by atoms with E-state index in [0.717, 1.165) is 48.6 Å². The lowest BCUT2D eigenvalue weighted by Gasteiger charge is -2.20. The first-order valence-corrected chi connectivity index (χ1v) is 12.8. The van der Waals surface area contributed by atoms with Crippen LogP contribution in [0, 0.1) is 13.8 Å². The molecule has 0 aliphatic heterocycles. The minimum atomic E-state index is -4.50. The van der Waals surface area contributed by atoms with Crippen LogP contribution >= 0.6 is 0 Å². The Labute approximate surface area is 223 Å². The Morgan fingerprint density at radius 2 is 1.67 bits per heavy atom. The average Bonchev–Trinajstić information content (AvgIpc) is 3.85. The Morgan fingerprint density at radius 1 is 0.923 bits per heavy atom. The summed E-state index contributed by atoms with van der Waals surface area (Å²) in [7, 11) is 1.56. The van der Waals surface area contributed by atoms with Crippen LogP contribution in [0.2, 0.25) is 0 Å². The summed E-state index contributed by atoms with van der Waals surface area (Å²) in [5, 5.41) is 0. The number of ether oxygens (including phenoxy) is 2. The van der Waals surface area contributed by atoms with Gasteiger partial charge in [-0.15, -0.1) is 0 Å². The second-order valence-corrected chi connectivity index (χ2v) is 10.2. The molecule has 1 aromatic carbocycles. The number of hydrogen-bond acceptors (Lipinski definition) is 7. The van der Waals surface area contributed by atoms with Gasteiger partial charge >= 0.3 is 6.18 Å². The number of pyridine rings is 1. The van der Waals surface area contributed by atoms with Gasteiger partial charge in [0.25, 0.3) is 0 Å². The molecular weight excluding hydrogens is 507 g/mol. The van der Waals surface area contributed by atoms with E-state index in [0.29, 0.717) is 40.2 Å². The molecule has 2 aliphatic carbocycles. The average molecular weight is 534 g/mol. The molecule has 3 aromatic heterocycles. The monoisotopic (exact) mass is 533 g/mol. The number of benzene rings is 1. The SMILES string of the molecule is COc1ncnc(C2CC2)c1-c1ncc(C)c(OC2(c3ccc(-c4cc(C)cc(C(F)(F)F)n4)cc3)CC2)n1. The molecular formula is C29H26F3N5O2. The molecule has 0 amide bonds. The maximum absolute atomic E-state index is 13.3. The zero-order valence-corrected chi connectivity index (χ0v) is 21.7. The van der Waals surface area contributed by atoms with Gasteiger partial charge in [0.2, 0.25) is 11.8 Å². The fraction of sp³-hybridized carbons (Fsp3) is 0.345. The van der Waals surface area contributed by atoms with E-state index in [-0.39, 0.29) is 5.69 Å². The Morgan fingerprint density at radius 3 is 2.31 bits per heavy atom. The summed E-state index contributed by atoms with van der Waals surface area (Å²) in [5.41, 5.74) is 3.19. The van der Waals surface area contributed by atoms with Gasteiger partial charge in [0.05, 0.1) is 18.5 Å². The predicted octanol–water partition coefficient (Wildman–Crippen LogP) is 6.59. The topological polar surface area (TPSA) is 82.9 Å². The van der Waals surface area contributed by atoms with Crippen molar-refractivity contribution >= 4 is 0 Å². The summed E-state index contributed by atoms with van der Waals surface area (Å²) < 4.78 is 51.8. The van der Waals surface area contributed by atoms with Crippen molar-refractivity contribution in [2.45, 2.75) is 57.2 Å². The Balaban J connectivity index is 1.29. The van der Waals surface area contributed by atoms with Gasteiger partial charge in [-0.25, -0.2) is 19.9 Å². The van der Waals surface area contributed by atoms with Crippen molar-refractivity contribution in [3.05, 3.63) is 77.0 Å². The predicted molar refractivity (Wildman–Crippen MR) is 137 cm³/mol. The van der Waals surface area contributed by atoms with E-state index >= 15 is 0 Å². The Hall–Kier alpha value is -4.08. The molecule has 0 bridgehead atoms. The first-order chi connectivity index (χ1) is 18.7. The zero-order valence-electron chi connectivity index (χ0n) is 21.7. The summed E-state index contributed by atoms with van der Waals surface area (Å²) in [6, 6.07) is 10.0. The molecule has 0 saturated heterocycles. The molecule has 10 heteroatoms. The van der Waals surface area contributed by atoms with Crippen LogP contribution in [0.15, 0.2) is 48.9 Å². The molecule has 200 valence electrons. The van der Waals surface area contributed by atoms with Gasteiger partial charge in [-0.2, -0.15) is 18.2 Å². The quantitative estimate of drug-likeness (QED) is 0.265. The van der Waals surface area contributed by atoms with Crippen LogP contribution in [0.25, 0.3) is 22.6 Å². The number of rotatable bonds is 7.